The Morgan fingerprint density at radius 2 is 1.90 bits per heavy atom. The van der Waals surface area contributed by atoms with Crippen LogP contribution in [0.25, 0.3) is 10.4 Å². The van der Waals surface area contributed by atoms with Crippen LogP contribution in [0.3, 0.4) is 0 Å². The highest BCUT2D eigenvalue weighted by Crippen LogP contribution is 2.28. The lowest BCUT2D eigenvalue weighted by Crippen LogP contribution is -2.54. The Balaban J connectivity index is 1.71. The number of aliphatic hydroxyl groups is 1. The van der Waals surface area contributed by atoms with E-state index in [1.165, 1.54) is 0 Å². The molecule has 2 aromatic carbocycles. The highest BCUT2D eigenvalue weighted by Gasteiger charge is 2.43. The fraction of sp³-hybridized carbons (Fsp3) is 0.381. The summed E-state index contributed by atoms with van der Waals surface area (Å²) in [5.41, 5.74) is 10.0. The molecule has 5 atom stereocenters. The van der Waals surface area contributed by atoms with Crippen molar-refractivity contribution in [3.63, 3.8) is 0 Å². The standard InChI is InChI=1S/C21H23N3O6/c1-2-27-20(15-11-7-4-8-12-15)29-16-13-28-21(17(18(16)25)23-24-22)30-19(26)14-9-5-3-6-10-14/h3-12,16-18,20-21,25H,2,13H2,1H3/t16-,17?,18?,20?,21+/m1/s1. The number of carbonyl (C=O) groups is 1. The molecule has 30 heavy (non-hydrogen) atoms. The van der Waals surface area contributed by atoms with Crippen molar-refractivity contribution < 1.29 is 28.8 Å². The normalized spacial score (nSPS) is 24.5. The Morgan fingerprint density at radius 1 is 1.23 bits per heavy atom. The van der Waals surface area contributed by atoms with Crippen molar-refractivity contribution in [2.45, 2.75) is 37.8 Å². The Labute approximate surface area is 173 Å². The minimum atomic E-state index is -1.27. The zero-order valence-corrected chi connectivity index (χ0v) is 16.4. The second-order valence-electron chi connectivity index (χ2n) is 6.53. The first-order valence-electron chi connectivity index (χ1n) is 9.56. The molecule has 3 rings (SSSR count). The summed E-state index contributed by atoms with van der Waals surface area (Å²) in [4.78, 5) is 15.1. The number of aliphatic hydroxyl groups excluding tert-OH is 1. The van der Waals surface area contributed by atoms with Gasteiger partial charge in [0.25, 0.3) is 0 Å². The fourth-order valence-electron chi connectivity index (χ4n) is 3.06. The molecular formula is C21H23N3O6. The quantitative estimate of drug-likeness (QED) is 0.233. The van der Waals surface area contributed by atoms with Gasteiger partial charge < -0.3 is 24.1 Å². The van der Waals surface area contributed by atoms with Crippen LogP contribution < -0.4 is 0 Å². The van der Waals surface area contributed by atoms with E-state index in [0.29, 0.717) is 12.2 Å². The van der Waals surface area contributed by atoms with Crippen molar-refractivity contribution in [2.24, 2.45) is 5.11 Å². The summed E-state index contributed by atoms with van der Waals surface area (Å²) < 4.78 is 22.5. The topological polar surface area (TPSA) is 123 Å². The van der Waals surface area contributed by atoms with E-state index in [2.05, 4.69) is 10.0 Å². The average molecular weight is 413 g/mol. The highest BCUT2D eigenvalue weighted by molar-refractivity contribution is 5.89. The van der Waals surface area contributed by atoms with E-state index in [-0.39, 0.29) is 6.61 Å². The average Bonchev–Trinajstić information content (AvgIpc) is 2.78. The minimum absolute atomic E-state index is 0.0816. The van der Waals surface area contributed by atoms with Crippen LogP contribution in [0.15, 0.2) is 65.8 Å². The van der Waals surface area contributed by atoms with Gasteiger partial charge in [-0.05, 0) is 24.6 Å². The summed E-state index contributed by atoms with van der Waals surface area (Å²) in [7, 11) is 0. The molecule has 9 nitrogen and oxygen atoms in total. The molecule has 0 radical (unpaired) electrons. The van der Waals surface area contributed by atoms with Gasteiger partial charge in [0.05, 0.1) is 18.3 Å². The van der Waals surface area contributed by atoms with Crippen molar-refractivity contribution in [2.75, 3.05) is 13.2 Å². The van der Waals surface area contributed by atoms with Crippen LogP contribution in [0.4, 0.5) is 0 Å². The van der Waals surface area contributed by atoms with Crippen LogP contribution >= 0.6 is 0 Å². The monoisotopic (exact) mass is 413 g/mol. The van der Waals surface area contributed by atoms with Gasteiger partial charge in [-0.3, -0.25) is 0 Å². The smallest absolute Gasteiger partial charge is 0.340 e. The molecule has 1 N–H and O–H groups in total. The van der Waals surface area contributed by atoms with Gasteiger partial charge in [0.1, 0.15) is 12.1 Å². The number of azide groups is 1. The van der Waals surface area contributed by atoms with E-state index in [4.69, 9.17) is 24.5 Å². The maximum absolute atomic E-state index is 12.3. The molecule has 2 aromatic rings. The van der Waals surface area contributed by atoms with Gasteiger partial charge in [-0.15, -0.1) is 0 Å². The highest BCUT2D eigenvalue weighted by atomic mass is 16.7. The van der Waals surface area contributed by atoms with Crippen LogP contribution in [0.2, 0.25) is 0 Å². The van der Waals surface area contributed by atoms with Crippen LogP contribution in [0, 0.1) is 0 Å². The number of benzene rings is 2. The number of carbonyl (C=O) groups excluding carboxylic acids is 1. The van der Waals surface area contributed by atoms with Crippen LogP contribution in [-0.4, -0.2) is 48.8 Å². The zero-order chi connectivity index (χ0) is 21.3. The summed E-state index contributed by atoms with van der Waals surface area (Å²) in [6, 6.07) is 16.4. The van der Waals surface area contributed by atoms with E-state index < -0.39 is 36.8 Å². The first-order chi connectivity index (χ1) is 14.6. The molecule has 1 aliphatic rings. The van der Waals surface area contributed by atoms with Crippen LogP contribution in [0.5, 0.6) is 0 Å². The summed E-state index contributed by atoms with van der Waals surface area (Å²) in [6.07, 6.45) is -4.11. The molecule has 1 fully saturated rings. The van der Waals surface area contributed by atoms with Gasteiger partial charge >= 0.3 is 5.97 Å². The van der Waals surface area contributed by atoms with Gasteiger partial charge in [-0.1, -0.05) is 53.6 Å². The molecule has 9 heteroatoms. The molecule has 1 heterocycles. The lowest BCUT2D eigenvalue weighted by Gasteiger charge is -2.38. The SMILES string of the molecule is CCOC(O[C@@H]1CO[C@@H](OC(=O)c2ccccc2)C(N=[N+]=[N-])C1O)c1ccccc1. The molecule has 158 valence electrons. The molecule has 0 saturated carbocycles. The van der Waals surface area contributed by atoms with Crippen molar-refractivity contribution >= 4 is 5.97 Å². The predicted octanol–water partition coefficient (Wildman–Crippen LogP) is 3.36. The molecule has 0 aliphatic carbocycles. The van der Waals surface area contributed by atoms with Crippen LogP contribution in [0.1, 0.15) is 29.1 Å². The summed E-state index contributed by atoms with van der Waals surface area (Å²) in [5.74, 6) is -0.651. The molecule has 1 saturated heterocycles. The third kappa shape index (κ3) is 5.35. The zero-order valence-electron chi connectivity index (χ0n) is 16.4. The number of ether oxygens (including phenoxy) is 4. The molecular weight excluding hydrogens is 390 g/mol. The molecule has 0 bridgehead atoms. The van der Waals surface area contributed by atoms with E-state index in [1.54, 1.807) is 30.3 Å². The Morgan fingerprint density at radius 3 is 2.53 bits per heavy atom. The van der Waals surface area contributed by atoms with Gasteiger partial charge in [-0.25, -0.2) is 4.79 Å². The van der Waals surface area contributed by atoms with E-state index in [9.17, 15) is 9.90 Å². The number of esters is 1. The maximum atomic E-state index is 12.3. The van der Waals surface area contributed by atoms with Crippen molar-refractivity contribution in [3.8, 4) is 0 Å². The van der Waals surface area contributed by atoms with E-state index >= 15 is 0 Å². The summed E-state index contributed by atoms with van der Waals surface area (Å²) in [6.45, 7) is 2.14. The number of hydrogen-bond acceptors (Lipinski definition) is 7. The number of rotatable bonds is 8. The maximum Gasteiger partial charge on any atom is 0.340 e. The largest absolute Gasteiger partial charge is 0.432 e. The second kappa shape index (κ2) is 10.7. The van der Waals surface area contributed by atoms with Crippen molar-refractivity contribution in [1.82, 2.24) is 0 Å². The Kier molecular flexibility index (Phi) is 7.78. The predicted molar refractivity (Wildman–Crippen MR) is 106 cm³/mol. The van der Waals surface area contributed by atoms with Gasteiger partial charge in [0, 0.05) is 17.1 Å². The molecule has 3 unspecified atom stereocenters. The summed E-state index contributed by atoms with van der Waals surface area (Å²) >= 11 is 0. The first-order valence-corrected chi connectivity index (χ1v) is 9.56. The summed E-state index contributed by atoms with van der Waals surface area (Å²) in [5, 5.41) is 14.3. The number of hydrogen-bond donors (Lipinski definition) is 1. The lowest BCUT2D eigenvalue weighted by atomic mass is 10.0. The van der Waals surface area contributed by atoms with Crippen LogP contribution in [-0.2, 0) is 18.9 Å². The minimum Gasteiger partial charge on any atom is -0.432 e. The lowest BCUT2D eigenvalue weighted by molar-refractivity contribution is -0.260. The van der Waals surface area contributed by atoms with E-state index in [0.717, 1.165) is 5.56 Å². The Hall–Kier alpha value is -2.94. The van der Waals surface area contributed by atoms with Gasteiger partial charge in [-0.2, -0.15) is 0 Å². The number of nitrogens with zero attached hydrogens (tertiary/aromatic N) is 3. The van der Waals surface area contributed by atoms with Crippen molar-refractivity contribution in [3.05, 3.63) is 82.2 Å². The first kappa shape index (κ1) is 21.8. The third-order valence-corrected chi connectivity index (χ3v) is 4.54. The fourth-order valence-corrected chi connectivity index (χ4v) is 3.06. The van der Waals surface area contributed by atoms with Crippen molar-refractivity contribution in [1.29, 1.82) is 0 Å². The Bertz CT molecular complexity index is 860. The second-order valence-corrected chi connectivity index (χ2v) is 6.53. The molecule has 0 aromatic heterocycles. The molecule has 0 spiro atoms. The third-order valence-electron chi connectivity index (χ3n) is 4.54. The molecule has 0 amide bonds. The molecule has 1 aliphatic heterocycles. The van der Waals surface area contributed by atoms with Gasteiger partial charge in [0.2, 0.25) is 6.29 Å². The van der Waals surface area contributed by atoms with Gasteiger partial charge in [0.15, 0.2) is 6.29 Å². The van der Waals surface area contributed by atoms with E-state index in [1.807, 2.05) is 37.3 Å².